The number of nitro groups is 1. The van der Waals surface area contributed by atoms with Gasteiger partial charge in [-0.2, -0.15) is 0 Å². The van der Waals surface area contributed by atoms with Gasteiger partial charge in [0, 0.05) is 18.8 Å². The lowest BCUT2D eigenvalue weighted by molar-refractivity contribution is -0.384. The van der Waals surface area contributed by atoms with E-state index in [9.17, 15) is 10.1 Å². The third kappa shape index (κ3) is 2.13. The summed E-state index contributed by atoms with van der Waals surface area (Å²) < 4.78 is 0. The minimum atomic E-state index is -0.403. The number of thiazole rings is 1. The Kier molecular flexibility index (Phi) is 3.13. The summed E-state index contributed by atoms with van der Waals surface area (Å²) in [6.45, 7) is 0.390. The van der Waals surface area contributed by atoms with Gasteiger partial charge in [-0.25, -0.2) is 9.97 Å². The molecule has 0 spiro atoms. The molecule has 0 aliphatic carbocycles. The molecule has 0 radical (unpaired) electrons. The maximum absolute atomic E-state index is 11.1. The molecule has 20 heavy (non-hydrogen) atoms. The van der Waals surface area contributed by atoms with Gasteiger partial charge in [-0.1, -0.05) is 23.5 Å². The number of pyridine rings is 1. The van der Waals surface area contributed by atoms with Crippen molar-refractivity contribution >= 4 is 27.4 Å². The molecule has 3 rings (SSSR count). The Bertz CT molecular complexity index is 800. The Labute approximate surface area is 118 Å². The van der Waals surface area contributed by atoms with Gasteiger partial charge in [0.05, 0.1) is 10.5 Å². The van der Waals surface area contributed by atoms with Gasteiger partial charge in [-0.05, 0) is 17.7 Å². The zero-order valence-electron chi connectivity index (χ0n) is 10.3. The number of nitro benzene ring substituents is 1. The van der Waals surface area contributed by atoms with E-state index >= 15 is 0 Å². The third-order valence-corrected chi connectivity index (χ3v) is 3.88. The van der Waals surface area contributed by atoms with E-state index in [-0.39, 0.29) is 5.69 Å². The molecule has 0 aliphatic rings. The van der Waals surface area contributed by atoms with Crippen LogP contribution in [0.15, 0.2) is 36.5 Å². The maximum atomic E-state index is 11.1. The van der Waals surface area contributed by atoms with Crippen LogP contribution < -0.4 is 5.73 Å². The highest BCUT2D eigenvalue weighted by Crippen LogP contribution is 2.34. The van der Waals surface area contributed by atoms with Crippen molar-refractivity contribution in [1.29, 1.82) is 0 Å². The molecular weight excluding hydrogens is 276 g/mol. The van der Waals surface area contributed by atoms with Crippen molar-refractivity contribution in [3.05, 3.63) is 52.2 Å². The SMILES string of the molecule is NCc1cnc2sc(-c3ccccc3[N+](=O)[O-])nc2c1. The predicted molar refractivity (Wildman–Crippen MR) is 77.4 cm³/mol. The molecule has 0 saturated heterocycles. The van der Waals surface area contributed by atoms with E-state index in [1.165, 1.54) is 17.4 Å². The van der Waals surface area contributed by atoms with Crippen LogP contribution in [0.25, 0.3) is 20.9 Å². The van der Waals surface area contributed by atoms with Crippen LogP contribution in [0, 0.1) is 10.1 Å². The van der Waals surface area contributed by atoms with E-state index in [0.29, 0.717) is 22.6 Å². The van der Waals surface area contributed by atoms with Gasteiger partial charge in [0.15, 0.2) is 0 Å². The molecule has 7 heteroatoms. The molecule has 0 unspecified atom stereocenters. The van der Waals surface area contributed by atoms with E-state index in [0.717, 1.165) is 10.4 Å². The number of fused-ring (bicyclic) bond motifs is 1. The molecule has 2 N–H and O–H groups in total. The second-order valence-electron chi connectivity index (χ2n) is 4.17. The van der Waals surface area contributed by atoms with Crippen LogP contribution in [0.4, 0.5) is 5.69 Å². The second-order valence-corrected chi connectivity index (χ2v) is 5.14. The number of para-hydroxylation sites is 1. The van der Waals surface area contributed by atoms with Crippen LogP contribution in [0.5, 0.6) is 0 Å². The average Bonchev–Trinajstić information content (AvgIpc) is 2.89. The van der Waals surface area contributed by atoms with E-state index < -0.39 is 4.92 Å². The average molecular weight is 286 g/mol. The summed E-state index contributed by atoms with van der Waals surface area (Å²) in [5.41, 5.74) is 7.72. The highest BCUT2D eigenvalue weighted by molar-refractivity contribution is 7.21. The Hall–Kier alpha value is -2.38. The van der Waals surface area contributed by atoms with Crippen LogP contribution in [-0.4, -0.2) is 14.9 Å². The van der Waals surface area contributed by atoms with E-state index in [4.69, 9.17) is 5.73 Å². The molecule has 0 aliphatic heterocycles. The quantitative estimate of drug-likeness (QED) is 0.590. The van der Waals surface area contributed by atoms with E-state index in [1.807, 2.05) is 6.07 Å². The first-order valence-corrected chi connectivity index (χ1v) is 6.70. The van der Waals surface area contributed by atoms with Crippen molar-refractivity contribution < 1.29 is 4.92 Å². The lowest BCUT2D eigenvalue weighted by atomic mass is 10.2. The fourth-order valence-corrected chi connectivity index (χ4v) is 2.83. The number of nitrogens with zero attached hydrogens (tertiary/aromatic N) is 3. The zero-order valence-corrected chi connectivity index (χ0v) is 11.1. The molecule has 0 bridgehead atoms. The van der Waals surface area contributed by atoms with Crippen molar-refractivity contribution in [1.82, 2.24) is 9.97 Å². The van der Waals surface area contributed by atoms with Gasteiger partial charge in [0.1, 0.15) is 15.4 Å². The first kappa shape index (κ1) is 12.6. The van der Waals surface area contributed by atoms with Crippen LogP contribution in [0.2, 0.25) is 0 Å². The minimum absolute atomic E-state index is 0.0469. The first-order valence-electron chi connectivity index (χ1n) is 5.88. The normalized spacial score (nSPS) is 10.8. The molecule has 100 valence electrons. The number of hydrogen-bond acceptors (Lipinski definition) is 6. The van der Waals surface area contributed by atoms with Gasteiger partial charge in [0.2, 0.25) is 0 Å². The summed E-state index contributed by atoms with van der Waals surface area (Å²) in [6.07, 6.45) is 1.70. The second kappa shape index (κ2) is 4.95. The fraction of sp³-hybridized carbons (Fsp3) is 0.0769. The number of hydrogen-bond donors (Lipinski definition) is 1. The molecule has 0 amide bonds. The highest BCUT2D eigenvalue weighted by Gasteiger charge is 2.18. The standard InChI is InChI=1S/C13H10N4O2S/c14-6-8-5-10-13(15-7-8)20-12(16-10)9-3-1-2-4-11(9)17(18)19/h1-5,7H,6,14H2. The maximum Gasteiger partial charge on any atom is 0.279 e. The lowest BCUT2D eigenvalue weighted by Crippen LogP contribution is -1.96. The summed E-state index contributed by atoms with van der Waals surface area (Å²) in [7, 11) is 0. The summed E-state index contributed by atoms with van der Waals surface area (Å²) in [4.78, 5) is 20.1. The zero-order chi connectivity index (χ0) is 14.1. The van der Waals surface area contributed by atoms with Gasteiger partial charge in [-0.3, -0.25) is 10.1 Å². The predicted octanol–water partition coefficient (Wildman–Crippen LogP) is 2.73. The molecule has 2 aromatic heterocycles. The molecular formula is C13H10N4O2S. The van der Waals surface area contributed by atoms with Crippen molar-refractivity contribution in [2.75, 3.05) is 0 Å². The number of nitrogens with two attached hydrogens (primary N) is 1. The lowest BCUT2D eigenvalue weighted by Gasteiger charge is -1.97. The smallest absolute Gasteiger partial charge is 0.279 e. The Morgan fingerprint density at radius 1 is 1.35 bits per heavy atom. The van der Waals surface area contributed by atoms with Crippen LogP contribution in [0.1, 0.15) is 5.56 Å². The molecule has 6 nitrogen and oxygen atoms in total. The van der Waals surface area contributed by atoms with Crippen molar-refractivity contribution in [3.63, 3.8) is 0 Å². The largest absolute Gasteiger partial charge is 0.326 e. The van der Waals surface area contributed by atoms with Crippen LogP contribution >= 0.6 is 11.3 Å². The van der Waals surface area contributed by atoms with E-state index in [1.54, 1.807) is 24.4 Å². The van der Waals surface area contributed by atoms with Gasteiger partial charge in [0.25, 0.3) is 5.69 Å². The fourth-order valence-electron chi connectivity index (χ4n) is 1.91. The van der Waals surface area contributed by atoms with Crippen LogP contribution in [0.3, 0.4) is 0 Å². The summed E-state index contributed by atoms with van der Waals surface area (Å²) >= 11 is 1.33. The van der Waals surface area contributed by atoms with Crippen molar-refractivity contribution in [2.45, 2.75) is 6.54 Å². The van der Waals surface area contributed by atoms with Gasteiger partial charge in [-0.15, -0.1) is 0 Å². The highest BCUT2D eigenvalue weighted by atomic mass is 32.1. The van der Waals surface area contributed by atoms with E-state index in [2.05, 4.69) is 9.97 Å². The molecule has 0 saturated carbocycles. The number of rotatable bonds is 3. The minimum Gasteiger partial charge on any atom is -0.326 e. The van der Waals surface area contributed by atoms with Gasteiger partial charge < -0.3 is 5.73 Å². The first-order chi connectivity index (χ1) is 9.69. The number of aromatic nitrogens is 2. The molecule has 1 aromatic carbocycles. The van der Waals surface area contributed by atoms with Crippen molar-refractivity contribution in [2.24, 2.45) is 5.73 Å². The third-order valence-electron chi connectivity index (χ3n) is 2.87. The topological polar surface area (TPSA) is 94.9 Å². The summed E-state index contributed by atoms with van der Waals surface area (Å²) in [6, 6.07) is 8.42. The monoisotopic (exact) mass is 286 g/mol. The van der Waals surface area contributed by atoms with Crippen LogP contribution in [-0.2, 0) is 6.54 Å². The molecule has 2 heterocycles. The molecule has 0 fully saturated rings. The summed E-state index contributed by atoms with van der Waals surface area (Å²) in [5.74, 6) is 0. The molecule has 0 atom stereocenters. The Morgan fingerprint density at radius 3 is 2.90 bits per heavy atom. The van der Waals surface area contributed by atoms with Crippen molar-refractivity contribution in [3.8, 4) is 10.6 Å². The Balaban J connectivity index is 2.18. The van der Waals surface area contributed by atoms with Gasteiger partial charge >= 0.3 is 0 Å². The number of benzene rings is 1. The molecule has 3 aromatic rings. The Morgan fingerprint density at radius 2 is 2.15 bits per heavy atom. The summed E-state index contributed by atoms with van der Waals surface area (Å²) in [5, 5.41) is 11.7.